The number of rotatable bonds is 5. The number of hydrogen-bond acceptors (Lipinski definition) is 6. The first-order chi connectivity index (χ1) is 14.9. The molecule has 0 bridgehead atoms. The summed E-state index contributed by atoms with van der Waals surface area (Å²) in [7, 11) is 0. The first-order valence-corrected chi connectivity index (χ1v) is 9.83. The minimum Gasteiger partial charge on any atom is -0.508 e. The van der Waals surface area contributed by atoms with Crippen LogP contribution in [0.25, 0.3) is 0 Å². The number of nitrogens with two attached hydrogens (primary N) is 1. The van der Waals surface area contributed by atoms with Gasteiger partial charge in [-0.3, -0.25) is 24.2 Å². The Bertz CT molecular complexity index is 1060. The minimum atomic E-state index is -1.89. The number of ketones is 1. The number of amides is 3. The molecule has 2 saturated heterocycles. The Kier molecular flexibility index (Phi) is 5.18. The van der Waals surface area contributed by atoms with Crippen LogP contribution >= 0.6 is 0 Å². The smallest absolute Gasteiger partial charge is 0.273 e. The number of aromatic nitrogens is 1. The molecule has 159 valence electrons. The van der Waals surface area contributed by atoms with E-state index >= 15 is 0 Å². The van der Waals surface area contributed by atoms with Gasteiger partial charge in [-0.1, -0.05) is 18.2 Å². The Labute approximate surface area is 178 Å². The van der Waals surface area contributed by atoms with E-state index in [1.807, 2.05) is 0 Å². The molecule has 1 radical (unpaired) electrons. The highest BCUT2D eigenvalue weighted by Gasteiger charge is 2.67. The first-order valence-electron chi connectivity index (χ1n) is 9.83. The minimum absolute atomic E-state index is 0.0721. The van der Waals surface area contributed by atoms with Crippen molar-refractivity contribution < 1.29 is 24.3 Å². The van der Waals surface area contributed by atoms with Gasteiger partial charge in [-0.25, -0.2) is 0 Å². The quantitative estimate of drug-likeness (QED) is 0.657. The van der Waals surface area contributed by atoms with Crippen LogP contribution in [0.3, 0.4) is 0 Å². The summed E-state index contributed by atoms with van der Waals surface area (Å²) in [5.74, 6) is -2.46. The van der Waals surface area contributed by atoms with Gasteiger partial charge in [0.2, 0.25) is 11.4 Å². The number of likely N-dealkylation sites (tertiary alicyclic amines) is 2. The van der Waals surface area contributed by atoms with E-state index in [2.05, 4.69) is 4.98 Å². The van der Waals surface area contributed by atoms with Gasteiger partial charge in [-0.05, 0) is 42.7 Å². The molecule has 0 spiro atoms. The van der Waals surface area contributed by atoms with Crippen LogP contribution < -0.4 is 5.73 Å². The molecule has 0 aliphatic carbocycles. The van der Waals surface area contributed by atoms with Crippen molar-refractivity contribution in [1.82, 2.24) is 14.8 Å². The molecule has 9 nitrogen and oxygen atoms in total. The van der Waals surface area contributed by atoms with Crippen molar-refractivity contribution >= 4 is 23.5 Å². The summed E-state index contributed by atoms with van der Waals surface area (Å²) < 4.78 is 0. The highest BCUT2D eigenvalue weighted by molar-refractivity contribution is 6.18. The second kappa shape index (κ2) is 7.82. The molecular formula is C22H21N4O5. The lowest BCUT2D eigenvalue weighted by Gasteiger charge is -2.34. The summed E-state index contributed by atoms with van der Waals surface area (Å²) in [5.41, 5.74) is 4.62. The van der Waals surface area contributed by atoms with E-state index in [1.165, 1.54) is 40.6 Å². The third-order valence-corrected chi connectivity index (χ3v) is 5.86. The van der Waals surface area contributed by atoms with Crippen LogP contribution in [0, 0.1) is 6.42 Å². The lowest BCUT2D eigenvalue weighted by atomic mass is 9.88. The zero-order valence-corrected chi connectivity index (χ0v) is 16.6. The monoisotopic (exact) mass is 421 g/mol. The Morgan fingerprint density at radius 3 is 2.71 bits per heavy atom. The summed E-state index contributed by atoms with van der Waals surface area (Å²) >= 11 is 0. The number of phenols is 1. The van der Waals surface area contributed by atoms with Crippen molar-refractivity contribution in [3.05, 3.63) is 66.3 Å². The molecule has 2 aliphatic heterocycles. The SMILES string of the molecule is NC(=O)C12C(=O)CN(C(=O)c3ccccn3)C1CCN2C(=O)[CH]Cc1cccc(O)c1. The molecule has 2 fully saturated rings. The van der Waals surface area contributed by atoms with Crippen molar-refractivity contribution in [2.45, 2.75) is 24.4 Å². The van der Waals surface area contributed by atoms with E-state index in [4.69, 9.17) is 5.73 Å². The Balaban J connectivity index is 1.58. The van der Waals surface area contributed by atoms with Gasteiger partial charge in [0, 0.05) is 12.7 Å². The third kappa shape index (κ3) is 3.31. The van der Waals surface area contributed by atoms with E-state index in [1.54, 1.807) is 24.3 Å². The van der Waals surface area contributed by atoms with Crippen molar-refractivity contribution in [2.75, 3.05) is 13.1 Å². The fraction of sp³-hybridized carbons (Fsp3) is 0.273. The summed E-state index contributed by atoms with van der Waals surface area (Å²) in [6.07, 6.45) is 3.26. The second-order valence-corrected chi connectivity index (χ2v) is 7.57. The number of Topliss-reactive ketones (excluding diaryl/α,β-unsaturated/α-hetero) is 1. The number of aromatic hydroxyl groups is 1. The Hall–Kier alpha value is -3.75. The zero-order chi connectivity index (χ0) is 22.2. The third-order valence-electron chi connectivity index (χ3n) is 5.86. The molecule has 2 atom stereocenters. The molecule has 31 heavy (non-hydrogen) atoms. The van der Waals surface area contributed by atoms with E-state index in [9.17, 15) is 24.3 Å². The Morgan fingerprint density at radius 1 is 1.23 bits per heavy atom. The Morgan fingerprint density at radius 2 is 2.03 bits per heavy atom. The van der Waals surface area contributed by atoms with E-state index < -0.39 is 35.1 Å². The van der Waals surface area contributed by atoms with Crippen LogP contribution in [-0.4, -0.2) is 68.1 Å². The highest BCUT2D eigenvalue weighted by atomic mass is 16.3. The molecular weight excluding hydrogens is 400 g/mol. The molecule has 2 aliphatic rings. The average molecular weight is 421 g/mol. The van der Waals surface area contributed by atoms with Crippen LogP contribution in [0.5, 0.6) is 5.75 Å². The molecule has 2 unspecified atom stereocenters. The maximum atomic E-state index is 13.0. The molecule has 1 aromatic heterocycles. The number of benzene rings is 1. The molecule has 2 aromatic rings. The predicted molar refractivity (Wildman–Crippen MR) is 108 cm³/mol. The van der Waals surface area contributed by atoms with E-state index in [0.29, 0.717) is 5.56 Å². The van der Waals surface area contributed by atoms with Gasteiger partial charge in [0.05, 0.1) is 19.0 Å². The average Bonchev–Trinajstić information content (AvgIpc) is 3.29. The van der Waals surface area contributed by atoms with Crippen LogP contribution in [-0.2, 0) is 20.8 Å². The summed E-state index contributed by atoms with van der Waals surface area (Å²) in [6.45, 7) is -0.208. The largest absolute Gasteiger partial charge is 0.508 e. The number of carbonyl (C=O) groups is 4. The highest BCUT2D eigenvalue weighted by Crippen LogP contribution is 2.40. The molecule has 3 amide bonds. The second-order valence-electron chi connectivity index (χ2n) is 7.57. The van der Waals surface area contributed by atoms with Crippen molar-refractivity contribution in [1.29, 1.82) is 0 Å². The van der Waals surface area contributed by atoms with Crippen molar-refractivity contribution in [3.8, 4) is 5.75 Å². The van der Waals surface area contributed by atoms with Crippen LogP contribution in [0.1, 0.15) is 22.5 Å². The normalized spacial score (nSPS) is 22.5. The topological polar surface area (TPSA) is 134 Å². The lowest BCUT2D eigenvalue weighted by molar-refractivity contribution is -0.147. The molecule has 4 rings (SSSR count). The van der Waals surface area contributed by atoms with Crippen LogP contribution in [0.4, 0.5) is 0 Å². The number of fused-ring (bicyclic) bond motifs is 1. The fourth-order valence-electron chi connectivity index (χ4n) is 4.49. The summed E-state index contributed by atoms with van der Waals surface area (Å²) in [6, 6.07) is 10.4. The van der Waals surface area contributed by atoms with Crippen molar-refractivity contribution in [3.63, 3.8) is 0 Å². The maximum absolute atomic E-state index is 13.0. The number of hydrogen-bond donors (Lipinski definition) is 2. The summed E-state index contributed by atoms with van der Waals surface area (Å²) in [4.78, 5) is 58.0. The molecule has 0 saturated carbocycles. The van der Waals surface area contributed by atoms with Gasteiger partial charge in [0.1, 0.15) is 11.4 Å². The lowest BCUT2D eigenvalue weighted by Crippen LogP contribution is -2.64. The summed E-state index contributed by atoms with van der Waals surface area (Å²) in [5, 5.41) is 9.58. The van der Waals surface area contributed by atoms with Gasteiger partial charge in [-0.15, -0.1) is 0 Å². The molecule has 3 N–H and O–H groups in total. The maximum Gasteiger partial charge on any atom is 0.273 e. The van der Waals surface area contributed by atoms with E-state index in [0.717, 1.165) is 0 Å². The van der Waals surface area contributed by atoms with Crippen molar-refractivity contribution in [2.24, 2.45) is 5.73 Å². The van der Waals surface area contributed by atoms with Crippen LogP contribution in [0.2, 0.25) is 0 Å². The van der Waals surface area contributed by atoms with Gasteiger partial charge >= 0.3 is 0 Å². The molecule has 1 aromatic carbocycles. The van der Waals surface area contributed by atoms with Gasteiger partial charge < -0.3 is 20.6 Å². The zero-order valence-electron chi connectivity index (χ0n) is 16.6. The van der Waals surface area contributed by atoms with Gasteiger partial charge in [-0.2, -0.15) is 0 Å². The van der Waals surface area contributed by atoms with Gasteiger partial charge in [0.15, 0.2) is 5.78 Å². The van der Waals surface area contributed by atoms with Crippen LogP contribution in [0.15, 0.2) is 48.7 Å². The predicted octanol–water partition coefficient (Wildman–Crippen LogP) is 0.0841. The number of nitrogens with zero attached hydrogens (tertiary/aromatic N) is 3. The van der Waals surface area contributed by atoms with E-state index in [-0.39, 0.29) is 37.4 Å². The molecule has 9 heteroatoms. The number of pyridine rings is 1. The standard InChI is InChI=1S/C22H21N4O5/c23-21(31)22-17(25(13-18(22)28)20(30)16-6-1-2-10-24-16)9-11-26(22)19(29)8-7-14-4-3-5-15(27)12-14/h1-6,8,10,12,17,27H,7,9,11,13H2,(H2,23,31). The van der Waals surface area contributed by atoms with Gasteiger partial charge in [0.25, 0.3) is 11.8 Å². The molecule has 3 heterocycles. The number of primary amides is 1. The number of phenolic OH excluding ortho intramolecular Hbond substituents is 1. The fourth-order valence-corrected chi connectivity index (χ4v) is 4.49. The number of carbonyl (C=O) groups excluding carboxylic acids is 4. The first kappa shape index (κ1) is 20.5.